The van der Waals surface area contributed by atoms with E-state index in [1.165, 1.54) is 25.7 Å². The Labute approximate surface area is 106 Å². The molecule has 0 N–H and O–H groups in total. The van der Waals surface area contributed by atoms with E-state index in [1.807, 2.05) is 7.11 Å². The fourth-order valence-electron chi connectivity index (χ4n) is 6.22. The Morgan fingerprint density at radius 3 is 2.53 bits per heavy atom. The van der Waals surface area contributed by atoms with E-state index in [1.54, 1.807) is 0 Å². The lowest BCUT2D eigenvalue weighted by molar-refractivity contribution is -0.00212. The van der Waals surface area contributed by atoms with Crippen LogP contribution >= 0.6 is 0 Å². The van der Waals surface area contributed by atoms with Crippen molar-refractivity contribution < 1.29 is 4.74 Å². The first-order valence-corrected chi connectivity index (χ1v) is 7.46. The Hall–Kier alpha value is -0.0400. The summed E-state index contributed by atoms with van der Waals surface area (Å²) < 4.78 is 5.87. The van der Waals surface area contributed by atoms with E-state index in [0.29, 0.717) is 16.9 Å². The van der Waals surface area contributed by atoms with Crippen LogP contribution in [0, 0.1) is 34.5 Å². The van der Waals surface area contributed by atoms with Crippen LogP contribution in [0.5, 0.6) is 0 Å². The Balaban J connectivity index is 2.05. The fraction of sp³-hybridized carbons (Fsp3) is 1.00. The molecule has 3 rings (SSSR count). The summed E-state index contributed by atoms with van der Waals surface area (Å²) >= 11 is 0. The van der Waals surface area contributed by atoms with Gasteiger partial charge in [-0.2, -0.15) is 0 Å². The van der Waals surface area contributed by atoms with Crippen molar-refractivity contribution in [1.29, 1.82) is 0 Å². The van der Waals surface area contributed by atoms with E-state index in [0.717, 1.165) is 23.7 Å². The Kier molecular flexibility index (Phi) is 2.47. The number of fused-ring (bicyclic) bond motifs is 1. The molecule has 0 amide bonds. The normalized spacial score (nSPS) is 55.9. The fourth-order valence-corrected chi connectivity index (χ4v) is 6.22. The molecule has 1 heteroatoms. The molecule has 6 atom stereocenters. The molecule has 0 saturated heterocycles. The molecule has 0 aromatic rings. The SMILES string of the molecule is COC1CC(C)C23CCC(C)C(C2)C(C)(C)C13. The monoisotopic (exact) mass is 236 g/mol. The van der Waals surface area contributed by atoms with Crippen molar-refractivity contribution in [2.75, 3.05) is 7.11 Å². The molecule has 3 saturated carbocycles. The van der Waals surface area contributed by atoms with E-state index >= 15 is 0 Å². The highest BCUT2D eigenvalue weighted by Crippen LogP contribution is 2.72. The molecular formula is C16H28O. The first kappa shape index (κ1) is 12.0. The van der Waals surface area contributed by atoms with Gasteiger partial charge in [0.25, 0.3) is 0 Å². The summed E-state index contributed by atoms with van der Waals surface area (Å²) in [6.07, 6.45) is 6.21. The first-order valence-electron chi connectivity index (χ1n) is 7.46. The number of hydrogen-bond donors (Lipinski definition) is 0. The molecular weight excluding hydrogens is 208 g/mol. The summed E-state index contributed by atoms with van der Waals surface area (Å²) in [4.78, 5) is 0. The van der Waals surface area contributed by atoms with Crippen LogP contribution in [0.2, 0.25) is 0 Å². The van der Waals surface area contributed by atoms with Gasteiger partial charge in [0, 0.05) is 7.11 Å². The van der Waals surface area contributed by atoms with Gasteiger partial charge in [0.1, 0.15) is 0 Å². The summed E-state index contributed by atoms with van der Waals surface area (Å²) in [7, 11) is 1.93. The second-order valence-electron chi connectivity index (χ2n) is 7.77. The highest BCUT2D eigenvalue weighted by Gasteiger charge is 2.67. The van der Waals surface area contributed by atoms with E-state index < -0.39 is 0 Å². The van der Waals surface area contributed by atoms with Gasteiger partial charge in [-0.05, 0) is 60.2 Å². The van der Waals surface area contributed by atoms with Crippen LogP contribution in [-0.4, -0.2) is 13.2 Å². The Morgan fingerprint density at radius 1 is 1.18 bits per heavy atom. The van der Waals surface area contributed by atoms with Crippen LogP contribution < -0.4 is 0 Å². The second kappa shape index (κ2) is 3.50. The molecule has 1 spiro atoms. The van der Waals surface area contributed by atoms with Gasteiger partial charge < -0.3 is 4.74 Å². The van der Waals surface area contributed by atoms with Gasteiger partial charge in [-0.15, -0.1) is 0 Å². The van der Waals surface area contributed by atoms with Crippen molar-refractivity contribution in [3.05, 3.63) is 0 Å². The molecule has 3 aliphatic carbocycles. The summed E-state index contributed by atoms with van der Waals surface area (Å²) in [6.45, 7) is 10.0. The molecule has 2 bridgehead atoms. The van der Waals surface area contributed by atoms with Gasteiger partial charge in [0.15, 0.2) is 0 Å². The zero-order valence-corrected chi connectivity index (χ0v) is 12.1. The third-order valence-electron chi connectivity index (χ3n) is 6.97. The topological polar surface area (TPSA) is 9.23 Å². The minimum atomic E-state index is 0.487. The summed E-state index contributed by atoms with van der Waals surface area (Å²) in [5.41, 5.74) is 1.11. The average molecular weight is 236 g/mol. The maximum absolute atomic E-state index is 5.87. The highest BCUT2D eigenvalue weighted by molar-refractivity contribution is 5.16. The molecule has 6 unspecified atom stereocenters. The van der Waals surface area contributed by atoms with Gasteiger partial charge in [-0.25, -0.2) is 0 Å². The third-order valence-corrected chi connectivity index (χ3v) is 6.97. The smallest absolute Gasteiger partial charge is 0.0612 e. The Morgan fingerprint density at radius 2 is 1.88 bits per heavy atom. The minimum absolute atomic E-state index is 0.487. The number of methoxy groups -OCH3 is 1. The molecule has 0 heterocycles. The predicted octanol–water partition coefficient (Wildman–Crippen LogP) is 4.12. The maximum atomic E-state index is 5.87. The van der Waals surface area contributed by atoms with Crippen molar-refractivity contribution in [2.45, 2.75) is 59.5 Å². The lowest BCUT2D eigenvalue weighted by Crippen LogP contribution is -2.36. The van der Waals surface area contributed by atoms with Crippen LogP contribution in [0.3, 0.4) is 0 Å². The molecule has 0 aromatic heterocycles. The zero-order valence-electron chi connectivity index (χ0n) is 12.1. The Bertz CT molecular complexity index is 321. The van der Waals surface area contributed by atoms with Crippen LogP contribution in [0.15, 0.2) is 0 Å². The van der Waals surface area contributed by atoms with E-state index in [-0.39, 0.29) is 0 Å². The van der Waals surface area contributed by atoms with Gasteiger partial charge in [0.2, 0.25) is 0 Å². The number of hydrogen-bond acceptors (Lipinski definition) is 1. The van der Waals surface area contributed by atoms with Crippen LogP contribution in [0.1, 0.15) is 53.4 Å². The molecule has 3 aliphatic rings. The standard InChI is InChI=1S/C16H28O/c1-10-6-7-16-9-12(10)15(3,4)14(16)13(17-5)8-11(16)2/h10-14H,6-9H2,1-5H3. The molecule has 3 fully saturated rings. The van der Waals surface area contributed by atoms with E-state index in [9.17, 15) is 0 Å². The molecule has 98 valence electrons. The van der Waals surface area contributed by atoms with Crippen molar-refractivity contribution in [1.82, 2.24) is 0 Å². The van der Waals surface area contributed by atoms with Crippen molar-refractivity contribution in [2.24, 2.45) is 34.5 Å². The molecule has 1 nitrogen and oxygen atoms in total. The summed E-state index contributed by atoms with van der Waals surface area (Å²) in [5.74, 6) is 3.53. The molecule has 0 aromatic carbocycles. The lowest BCUT2D eigenvalue weighted by atomic mass is 9.66. The van der Waals surface area contributed by atoms with Gasteiger partial charge >= 0.3 is 0 Å². The third kappa shape index (κ3) is 1.30. The van der Waals surface area contributed by atoms with E-state index in [2.05, 4.69) is 27.7 Å². The van der Waals surface area contributed by atoms with Gasteiger partial charge in [0.05, 0.1) is 6.10 Å². The molecule has 17 heavy (non-hydrogen) atoms. The van der Waals surface area contributed by atoms with Gasteiger partial charge in [-0.1, -0.05) is 27.7 Å². The summed E-state index contributed by atoms with van der Waals surface area (Å²) in [6, 6.07) is 0. The lowest BCUT2D eigenvalue weighted by Gasteiger charge is -2.39. The number of rotatable bonds is 1. The van der Waals surface area contributed by atoms with Gasteiger partial charge in [-0.3, -0.25) is 0 Å². The predicted molar refractivity (Wildman–Crippen MR) is 70.8 cm³/mol. The van der Waals surface area contributed by atoms with E-state index in [4.69, 9.17) is 4.74 Å². The highest BCUT2D eigenvalue weighted by atomic mass is 16.5. The first-order chi connectivity index (χ1) is 7.93. The van der Waals surface area contributed by atoms with Crippen LogP contribution in [0.4, 0.5) is 0 Å². The van der Waals surface area contributed by atoms with Crippen molar-refractivity contribution in [3.63, 3.8) is 0 Å². The number of ether oxygens (including phenoxy) is 1. The minimum Gasteiger partial charge on any atom is -0.381 e. The average Bonchev–Trinajstić information content (AvgIpc) is 2.66. The zero-order chi connectivity index (χ0) is 12.4. The van der Waals surface area contributed by atoms with Crippen LogP contribution in [0.25, 0.3) is 0 Å². The van der Waals surface area contributed by atoms with Crippen LogP contribution in [-0.2, 0) is 4.74 Å². The molecule has 0 radical (unpaired) electrons. The molecule has 0 aliphatic heterocycles. The maximum Gasteiger partial charge on any atom is 0.0612 e. The van der Waals surface area contributed by atoms with Crippen molar-refractivity contribution in [3.8, 4) is 0 Å². The second-order valence-corrected chi connectivity index (χ2v) is 7.77. The quantitative estimate of drug-likeness (QED) is 0.665. The largest absolute Gasteiger partial charge is 0.381 e. The van der Waals surface area contributed by atoms with Crippen molar-refractivity contribution >= 4 is 0 Å². The summed E-state index contributed by atoms with van der Waals surface area (Å²) in [5, 5.41) is 0.